The predicted octanol–water partition coefficient (Wildman–Crippen LogP) is 5.77. The van der Waals surface area contributed by atoms with Crippen molar-refractivity contribution in [1.29, 1.82) is 0 Å². The van der Waals surface area contributed by atoms with Crippen LogP contribution in [0.3, 0.4) is 0 Å². The lowest BCUT2D eigenvalue weighted by Gasteiger charge is -2.21. The number of esters is 1. The van der Waals surface area contributed by atoms with Gasteiger partial charge in [0.15, 0.2) is 22.2 Å². The highest BCUT2D eigenvalue weighted by Gasteiger charge is 2.21. The molecule has 0 unspecified atom stereocenters. The summed E-state index contributed by atoms with van der Waals surface area (Å²) in [5, 5.41) is 1.82. The second-order valence-electron chi connectivity index (χ2n) is 7.86. The van der Waals surface area contributed by atoms with Gasteiger partial charge in [0.25, 0.3) is 0 Å². The summed E-state index contributed by atoms with van der Waals surface area (Å²) in [4.78, 5) is 17.6. The standard InChI is InChI=1S/C22H24F2N2O4S/c1-5-28-19(27)17-15(25-21-26(17)11-12-31-21)10-9-14-7-6-8-16(30-20(23)24)18(14)29-13-22(2,3)4/h6-12,20H,5,13H2,1-4H3. The molecule has 0 saturated heterocycles. The monoisotopic (exact) mass is 450 g/mol. The molecule has 31 heavy (non-hydrogen) atoms. The van der Waals surface area contributed by atoms with Crippen molar-refractivity contribution in [2.24, 2.45) is 5.41 Å². The molecular formula is C22H24F2N2O4S. The van der Waals surface area contributed by atoms with Crippen molar-refractivity contribution in [2.45, 2.75) is 34.3 Å². The quantitative estimate of drug-likeness (QED) is 0.408. The first-order valence-corrected chi connectivity index (χ1v) is 10.6. The lowest BCUT2D eigenvalue weighted by Crippen LogP contribution is -2.18. The van der Waals surface area contributed by atoms with Crippen LogP contribution >= 0.6 is 11.3 Å². The average molecular weight is 451 g/mol. The molecule has 0 aliphatic rings. The molecule has 0 bridgehead atoms. The molecule has 0 N–H and O–H groups in total. The smallest absolute Gasteiger partial charge is 0.387 e. The molecule has 2 heterocycles. The number of carbonyl (C=O) groups excluding carboxylic acids is 1. The number of ether oxygens (including phenoxy) is 3. The van der Waals surface area contributed by atoms with Crippen molar-refractivity contribution >= 4 is 34.4 Å². The lowest BCUT2D eigenvalue weighted by molar-refractivity contribution is -0.0517. The van der Waals surface area contributed by atoms with Crippen LogP contribution in [0.2, 0.25) is 0 Å². The third kappa shape index (κ3) is 5.61. The molecular weight excluding hydrogens is 426 g/mol. The number of hydrogen-bond acceptors (Lipinski definition) is 6. The molecule has 0 radical (unpaired) electrons. The largest absolute Gasteiger partial charge is 0.489 e. The van der Waals surface area contributed by atoms with Crippen LogP contribution in [-0.2, 0) is 4.74 Å². The molecule has 6 nitrogen and oxygen atoms in total. The average Bonchev–Trinajstić information content (AvgIpc) is 3.25. The third-order valence-corrected chi connectivity index (χ3v) is 4.81. The minimum atomic E-state index is -2.98. The lowest BCUT2D eigenvalue weighted by atomic mass is 9.98. The first-order valence-electron chi connectivity index (χ1n) is 9.71. The zero-order chi connectivity index (χ0) is 22.6. The van der Waals surface area contributed by atoms with E-state index < -0.39 is 12.6 Å². The zero-order valence-electron chi connectivity index (χ0n) is 17.7. The molecule has 166 valence electrons. The van der Waals surface area contributed by atoms with Crippen molar-refractivity contribution in [2.75, 3.05) is 13.2 Å². The minimum absolute atomic E-state index is 0.0576. The Balaban J connectivity index is 2.01. The van der Waals surface area contributed by atoms with Gasteiger partial charge in [0.2, 0.25) is 0 Å². The van der Waals surface area contributed by atoms with E-state index in [0.29, 0.717) is 28.5 Å². The fourth-order valence-corrected chi connectivity index (χ4v) is 3.51. The molecule has 3 rings (SSSR count). The molecule has 2 aromatic heterocycles. The van der Waals surface area contributed by atoms with Gasteiger partial charge in [-0.25, -0.2) is 9.78 Å². The summed E-state index contributed by atoms with van der Waals surface area (Å²) in [6, 6.07) is 4.74. The van der Waals surface area contributed by atoms with E-state index in [0.717, 1.165) is 0 Å². The van der Waals surface area contributed by atoms with E-state index in [9.17, 15) is 13.6 Å². The maximum Gasteiger partial charge on any atom is 0.387 e. The summed E-state index contributed by atoms with van der Waals surface area (Å²) >= 11 is 1.38. The number of para-hydroxylation sites is 1. The number of thiazole rings is 1. The number of nitrogens with zero attached hydrogens (tertiary/aromatic N) is 2. The minimum Gasteiger partial charge on any atom is -0.489 e. The first-order chi connectivity index (χ1) is 14.7. The highest BCUT2D eigenvalue weighted by Crippen LogP contribution is 2.35. The van der Waals surface area contributed by atoms with Crippen LogP contribution in [0.25, 0.3) is 17.1 Å². The molecule has 9 heteroatoms. The van der Waals surface area contributed by atoms with Gasteiger partial charge in [-0.2, -0.15) is 8.78 Å². The molecule has 0 atom stereocenters. The first kappa shape index (κ1) is 22.7. The second kappa shape index (κ2) is 9.47. The maximum atomic E-state index is 12.9. The van der Waals surface area contributed by atoms with Gasteiger partial charge in [0, 0.05) is 17.1 Å². The van der Waals surface area contributed by atoms with E-state index in [4.69, 9.17) is 9.47 Å². The molecule has 0 amide bonds. The summed E-state index contributed by atoms with van der Waals surface area (Å²) in [6.07, 6.45) is 5.04. The molecule has 1 aromatic carbocycles. The van der Waals surface area contributed by atoms with Crippen molar-refractivity contribution in [3.63, 3.8) is 0 Å². The Hall–Kier alpha value is -2.94. The van der Waals surface area contributed by atoms with Crippen LogP contribution in [0.15, 0.2) is 29.8 Å². The number of benzene rings is 1. The highest BCUT2D eigenvalue weighted by atomic mass is 32.1. The van der Waals surface area contributed by atoms with Crippen molar-refractivity contribution < 1.29 is 27.8 Å². The van der Waals surface area contributed by atoms with Crippen LogP contribution in [0.5, 0.6) is 11.5 Å². The molecule has 3 aromatic rings. The molecule has 0 aliphatic heterocycles. The second-order valence-corrected chi connectivity index (χ2v) is 8.73. The van der Waals surface area contributed by atoms with Gasteiger partial charge in [-0.3, -0.25) is 4.40 Å². The topological polar surface area (TPSA) is 62.1 Å². The Kier molecular flexibility index (Phi) is 6.94. The van der Waals surface area contributed by atoms with E-state index in [1.807, 2.05) is 26.2 Å². The Labute approximate surface area is 183 Å². The summed E-state index contributed by atoms with van der Waals surface area (Å²) in [5.41, 5.74) is 1.04. The van der Waals surface area contributed by atoms with Crippen LogP contribution in [0, 0.1) is 5.41 Å². The van der Waals surface area contributed by atoms with Crippen LogP contribution in [-0.4, -0.2) is 35.2 Å². The van der Waals surface area contributed by atoms with Gasteiger partial charge in [-0.1, -0.05) is 32.9 Å². The third-order valence-electron chi connectivity index (χ3n) is 4.05. The summed E-state index contributed by atoms with van der Waals surface area (Å²) in [6.45, 7) is 5.20. The fourth-order valence-electron chi connectivity index (χ4n) is 2.79. The normalized spacial score (nSPS) is 12.1. The Morgan fingerprint density at radius 2 is 2.06 bits per heavy atom. The molecule has 0 spiro atoms. The highest BCUT2D eigenvalue weighted by molar-refractivity contribution is 7.15. The molecule has 0 aliphatic carbocycles. The number of imidazole rings is 1. The van der Waals surface area contributed by atoms with Crippen LogP contribution in [0.1, 0.15) is 49.4 Å². The number of rotatable bonds is 8. The van der Waals surface area contributed by atoms with Gasteiger partial charge in [-0.15, -0.1) is 11.3 Å². The summed E-state index contributed by atoms with van der Waals surface area (Å²) in [5.74, 6) is -0.349. The van der Waals surface area contributed by atoms with Gasteiger partial charge >= 0.3 is 12.6 Å². The number of carbonyl (C=O) groups is 1. The fraction of sp³-hybridized carbons (Fsp3) is 0.364. The van der Waals surface area contributed by atoms with Gasteiger partial charge in [-0.05, 0) is 30.6 Å². The van der Waals surface area contributed by atoms with E-state index in [1.54, 1.807) is 41.8 Å². The van der Waals surface area contributed by atoms with Crippen LogP contribution < -0.4 is 9.47 Å². The van der Waals surface area contributed by atoms with Gasteiger partial charge in [0.1, 0.15) is 0 Å². The van der Waals surface area contributed by atoms with Crippen molar-refractivity contribution in [3.8, 4) is 11.5 Å². The van der Waals surface area contributed by atoms with E-state index in [1.165, 1.54) is 17.4 Å². The van der Waals surface area contributed by atoms with Gasteiger partial charge in [0.05, 0.1) is 18.9 Å². The summed E-state index contributed by atoms with van der Waals surface area (Å²) < 4.78 is 43.1. The summed E-state index contributed by atoms with van der Waals surface area (Å²) in [7, 11) is 0. The number of hydrogen-bond donors (Lipinski definition) is 0. The maximum absolute atomic E-state index is 12.9. The predicted molar refractivity (Wildman–Crippen MR) is 116 cm³/mol. The Morgan fingerprint density at radius 1 is 1.29 bits per heavy atom. The van der Waals surface area contributed by atoms with Crippen LogP contribution in [0.4, 0.5) is 8.78 Å². The van der Waals surface area contributed by atoms with E-state index in [2.05, 4.69) is 9.72 Å². The molecule has 0 saturated carbocycles. The van der Waals surface area contributed by atoms with E-state index >= 15 is 0 Å². The van der Waals surface area contributed by atoms with Crippen molar-refractivity contribution in [1.82, 2.24) is 9.38 Å². The van der Waals surface area contributed by atoms with Gasteiger partial charge < -0.3 is 14.2 Å². The number of halogens is 2. The molecule has 0 fully saturated rings. The number of alkyl halides is 2. The zero-order valence-corrected chi connectivity index (χ0v) is 18.5. The Bertz CT molecular complexity index is 1080. The van der Waals surface area contributed by atoms with Crippen molar-refractivity contribution in [3.05, 3.63) is 46.7 Å². The Morgan fingerprint density at radius 3 is 2.74 bits per heavy atom. The van der Waals surface area contributed by atoms with E-state index in [-0.39, 0.29) is 23.5 Å². The SMILES string of the molecule is CCOC(=O)c1c(C=Cc2cccc(OC(F)F)c2OCC(C)(C)C)nc2sccn12. The number of aromatic nitrogens is 2. The number of fused-ring (bicyclic) bond motifs is 1.